The number of methoxy groups -OCH3 is 1. The van der Waals surface area contributed by atoms with Gasteiger partial charge >= 0.3 is 0 Å². The molecule has 0 saturated carbocycles. The lowest BCUT2D eigenvalue weighted by atomic mass is 9.86. The monoisotopic (exact) mass is 482 g/mol. The molecule has 3 aromatic rings. The molecular formula is C26H30N2O5S. The zero-order valence-electron chi connectivity index (χ0n) is 19.9. The summed E-state index contributed by atoms with van der Waals surface area (Å²) in [6, 6.07) is 16.6. The molecule has 0 unspecified atom stereocenters. The van der Waals surface area contributed by atoms with E-state index in [0.717, 1.165) is 11.1 Å². The number of rotatable bonds is 6. The van der Waals surface area contributed by atoms with Crippen LogP contribution in [0.5, 0.6) is 5.75 Å². The summed E-state index contributed by atoms with van der Waals surface area (Å²) in [5.41, 5.74) is 3.07. The van der Waals surface area contributed by atoms with Crippen molar-refractivity contribution in [2.45, 2.75) is 45.2 Å². The highest BCUT2D eigenvalue weighted by molar-refractivity contribution is 7.91. The van der Waals surface area contributed by atoms with Crippen LogP contribution in [0.1, 0.15) is 48.8 Å². The Morgan fingerprint density at radius 2 is 1.79 bits per heavy atom. The van der Waals surface area contributed by atoms with Gasteiger partial charge in [-0.1, -0.05) is 50.2 Å². The second kappa shape index (κ2) is 9.25. The molecule has 180 valence electrons. The summed E-state index contributed by atoms with van der Waals surface area (Å²) < 4.78 is 35.0. The molecule has 1 aliphatic heterocycles. The Kier molecular flexibility index (Phi) is 6.53. The molecule has 2 heterocycles. The molecule has 0 bridgehead atoms. The van der Waals surface area contributed by atoms with E-state index in [1.54, 1.807) is 30.2 Å². The first-order valence-corrected chi connectivity index (χ1v) is 13.1. The second-order valence-electron chi connectivity index (χ2n) is 9.74. The van der Waals surface area contributed by atoms with Gasteiger partial charge in [-0.3, -0.25) is 4.79 Å². The number of ether oxygens (including phenoxy) is 1. The summed E-state index contributed by atoms with van der Waals surface area (Å²) in [4.78, 5) is 15.1. The number of aromatic nitrogens is 1. The lowest BCUT2D eigenvalue weighted by molar-refractivity contribution is 0.0670. The van der Waals surface area contributed by atoms with Crippen LogP contribution in [0.3, 0.4) is 0 Å². The molecule has 0 spiro atoms. The first-order chi connectivity index (χ1) is 16.1. The Labute approximate surface area is 200 Å². The summed E-state index contributed by atoms with van der Waals surface area (Å²) >= 11 is 0. The van der Waals surface area contributed by atoms with Crippen LogP contribution >= 0.6 is 0 Å². The minimum Gasteiger partial charge on any atom is -0.497 e. The molecule has 8 heteroatoms. The van der Waals surface area contributed by atoms with Crippen molar-refractivity contribution in [1.82, 2.24) is 10.1 Å². The van der Waals surface area contributed by atoms with Crippen LogP contribution < -0.4 is 4.74 Å². The summed E-state index contributed by atoms with van der Waals surface area (Å²) in [7, 11) is -1.58. The van der Waals surface area contributed by atoms with Crippen molar-refractivity contribution < 1.29 is 22.5 Å². The number of amides is 1. The van der Waals surface area contributed by atoms with E-state index in [0.29, 0.717) is 24.5 Å². The van der Waals surface area contributed by atoms with Gasteiger partial charge in [-0.05, 0) is 47.2 Å². The minimum absolute atomic E-state index is 0.0200. The Balaban J connectivity index is 1.60. The van der Waals surface area contributed by atoms with Crippen molar-refractivity contribution in [1.29, 1.82) is 0 Å². The Bertz CT molecular complexity index is 1260. The van der Waals surface area contributed by atoms with E-state index >= 15 is 0 Å². The van der Waals surface area contributed by atoms with E-state index in [4.69, 9.17) is 9.26 Å². The number of carbonyl (C=O) groups excluding carboxylic acids is 1. The van der Waals surface area contributed by atoms with Crippen LogP contribution in [0.4, 0.5) is 0 Å². The van der Waals surface area contributed by atoms with Crippen LogP contribution in [0, 0.1) is 0 Å². The summed E-state index contributed by atoms with van der Waals surface area (Å²) in [5, 5.41) is 4.00. The van der Waals surface area contributed by atoms with Gasteiger partial charge in [0.25, 0.3) is 5.91 Å². The van der Waals surface area contributed by atoms with Crippen molar-refractivity contribution in [3.8, 4) is 17.1 Å². The van der Waals surface area contributed by atoms with Crippen LogP contribution in [0.2, 0.25) is 0 Å². The SMILES string of the molecule is COc1ccc(-c2cc(C(=O)N(Cc3ccc(C(C)(C)C)cc3)[C@@H]3CCS(=O)(=O)C3)no2)cc1. The van der Waals surface area contributed by atoms with E-state index in [2.05, 4.69) is 38.1 Å². The third kappa shape index (κ3) is 5.33. The van der Waals surface area contributed by atoms with E-state index < -0.39 is 15.9 Å². The molecule has 1 aromatic heterocycles. The molecule has 0 aliphatic carbocycles. The third-order valence-electron chi connectivity index (χ3n) is 6.19. The first kappa shape index (κ1) is 24.0. The van der Waals surface area contributed by atoms with Crippen LogP contribution in [0.25, 0.3) is 11.3 Å². The zero-order valence-corrected chi connectivity index (χ0v) is 20.8. The van der Waals surface area contributed by atoms with Crippen molar-refractivity contribution in [2.24, 2.45) is 0 Å². The maximum absolute atomic E-state index is 13.5. The molecule has 1 fully saturated rings. The lowest BCUT2D eigenvalue weighted by Crippen LogP contribution is -2.40. The molecule has 4 rings (SSSR count). The average molecular weight is 483 g/mol. The van der Waals surface area contributed by atoms with Gasteiger partial charge in [-0.15, -0.1) is 0 Å². The molecule has 2 aromatic carbocycles. The molecule has 0 N–H and O–H groups in total. The molecule has 7 nitrogen and oxygen atoms in total. The van der Waals surface area contributed by atoms with Crippen molar-refractivity contribution in [3.63, 3.8) is 0 Å². The van der Waals surface area contributed by atoms with Gasteiger partial charge in [0, 0.05) is 24.2 Å². The maximum atomic E-state index is 13.5. The molecule has 1 amide bonds. The predicted molar refractivity (Wildman–Crippen MR) is 131 cm³/mol. The molecule has 1 saturated heterocycles. The molecule has 1 aliphatic rings. The smallest absolute Gasteiger partial charge is 0.276 e. The fourth-order valence-electron chi connectivity index (χ4n) is 4.11. The number of nitrogens with zero attached hydrogens (tertiary/aromatic N) is 2. The molecular weight excluding hydrogens is 452 g/mol. The number of sulfone groups is 1. The van der Waals surface area contributed by atoms with E-state index in [-0.39, 0.29) is 28.5 Å². The fourth-order valence-corrected chi connectivity index (χ4v) is 5.84. The normalized spacial score (nSPS) is 17.5. The maximum Gasteiger partial charge on any atom is 0.276 e. The van der Waals surface area contributed by atoms with Gasteiger partial charge in [0.1, 0.15) is 5.75 Å². The van der Waals surface area contributed by atoms with Crippen molar-refractivity contribution in [2.75, 3.05) is 18.6 Å². The molecule has 0 radical (unpaired) electrons. The van der Waals surface area contributed by atoms with Crippen LogP contribution in [0.15, 0.2) is 59.1 Å². The largest absolute Gasteiger partial charge is 0.497 e. The van der Waals surface area contributed by atoms with Gasteiger partial charge in [0.15, 0.2) is 21.3 Å². The standard InChI is InChI=1S/C26H30N2O5S/c1-26(2,3)20-9-5-18(6-10-20)16-28(21-13-14-34(30,31)17-21)25(29)23-15-24(33-27-23)19-7-11-22(32-4)12-8-19/h5-12,15,21H,13-14,16-17H2,1-4H3/t21-/m1/s1. The van der Waals surface area contributed by atoms with E-state index in [1.165, 1.54) is 5.56 Å². The van der Waals surface area contributed by atoms with Gasteiger partial charge < -0.3 is 14.2 Å². The van der Waals surface area contributed by atoms with Gasteiger partial charge in [-0.2, -0.15) is 0 Å². The summed E-state index contributed by atoms with van der Waals surface area (Å²) in [6.45, 7) is 6.73. The highest BCUT2D eigenvalue weighted by Crippen LogP contribution is 2.27. The summed E-state index contributed by atoms with van der Waals surface area (Å²) in [5.74, 6) is 0.873. The highest BCUT2D eigenvalue weighted by Gasteiger charge is 2.36. The van der Waals surface area contributed by atoms with E-state index in [1.807, 2.05) is 24.3 Å². The van der Waals surface area contributed by atoms with Crippen molar-refractivity contribution in [3.05, 3.63) is 71.4 Å². The predicted octanol–water partition coefficient (Wildman–Crippen LogP) is 4.48. The Hall–Kier alpha value is -3.13. The number of hydrogen-bond acceptors (Lipinski definition) is 6. The van der Waals surface area contributed by atoms with Crippen LogP contribution in [-0.4, -0.2) is 49.0 Å². The molecule has 1 atom stereocenters. The Morgan fingerprint density at radius 3 is 2.35 bits per heavy atom. The number of carbonyl (C=O) groups is 1. The first-order valence-electron chi connectivity index (χ1n) is 11.3. The number of benzene rings is 2. The van der Waals surface area contributed by atoms with Gasteiger partial charge in [0.05, 0.1) is 18.6 Å². The van der Waals surface area contributed by atoms with Crippen molar-refractivity contribution >= 4 is 15.7 Å². The molecule has 34 heavy (non-hydrogen) atoms. The highest BCUT2D eigenvalue weighted by atomic mass is 32.2. The third-order valence-corrected chi connectivity index (χ3v) is 7.94. The quantitative estimate of drug-likeness (QED) is 0.515. The summed E-state index contributed by atoms with van der Waals surface area (Å²) in [6.07, 6.45) is 0.414. The van der Waals surface area contributed by atoms with E-state index in [9.17, 15) is 13.2 Å². The lowest BCUT2D eigenvalue weighted by Gasteiger charge is -2.28. The number of hydrogen-bond donors (Lipinski definition) is 0. The van der Waals surface area contributed by atoms with Gasteiger partial charge in [0.2, 0.25) is 0 Å². The van der Waals surface area contributed by atoms with Crippen LogP contribution in [-0.2, 0) is 21.8 Å². The average Bonchev–Trinajstić information content (AvgIpc) is 3.43. The topological polar surface area (TPSA) is 89.7 Å². The zero-order chi connectivity index (χ0) is 24.5. The fraction of sp³-hybridized carbons (Fsp3) is 0.385. The minimum atomic E-state index is -3.17. The Morgan fingerprint density at radius 1 is 1.12 bits per heavy atom. The second-order valence-corrected chi connectivity index (χ2v) is 12.0. The van der Waals surface area contributed by atoms with Gasteiger partial charge in [-0.25, -0.2) is 8.42 Å².